The standard InChI is InChI=1S/C13H13ClN6/c14-10-3-1-9(2-4-10)5-6-16-11-12-18-19-13(15)20(12)8-7-17-11/h1-4,7-8H,5-6H2,(H2,15,19)(H,16,17). The number of benzene rings is 1. The summed E-state index contributed by atoms with van der Waals surface area (Å²) in [6.45, 7) is 0.737. The van der Waals surface area contributed by atoms with Crippen molar-refractivity contribution < 1.29 is 0 Å². The summed E-state index contributed by atoms with van der Waals surface area (Å²) in [6.07, 6.45) is 4.26. The van der Waals surface area contributed by atoms with Crippen LogP contribution in [0.4, 0.5) is 11.8 Å². The molecule has 102 valence electrons. The molecule has 3 N–H and O–H groups in total. The van der Waals surface area contributed by atoms with E-state index in [1.165, 1.54) is 5.56 Å². The highest BCUT2D eigenvalue weighted by molar-refractivity contribution is 6.30. The second kappa shape index (κ2) is 5.34. The summed E-state index contributed by atoms with van der Waals surface area (Å²) < 4.78 is 1.69. The van der Waals surface area contributed by atoms with Crippen LogP contribution in [0.25, 0.3) is 5.65 Å². The van der Waals surface area contributed by atoms with Gasteiger partial charge in [-0.15, -0.1) is 10.2 Å². The van der Waals surface area contributed by atoms with E-state index in [1.54, 1.807) is 16.8 Å². The topological polar surface area (TPSA) is 81.1 Å². The molecule has 0 bridgehead atoms. The molecule has 0 aliphatic carbocycles. The van der Waals surface area contributed by atoms with Gasteiger partial charge in [0.05, 0.1) is 0 Å². The lowest BCUT2D eigenvalue weighted by molar-refractivity contribution is 0.998. The molecule has 0 atom stereocenters. The van der Waals surface area contributed by atoms with Crippen LogP contribution in [0.5, 0.6) is 0 Å². The van der Waals surface area contributed by atoms with Crippen LogP contribution in [0.15, 0.2) is 36.7 Å². The minimum atomic E-state index is 0.350. The average molecular weight is 289 g/mol. The number of nitrogens with zero attached hydrogens (tertiary/aromatic N) is 4. The van der Waals surface area contributed by atoms with Gasteiger partial charge in [0.15, 0.2) is 5.82 Å². The Morgan fingerprint density at radius 2 is 2.00 bits per heavy atom. The van der Waals surface area contributed by atoms with Gasteiger partial charge in [0.2, 0.25) is 11.6 Å². The Morgan fingerprint density at radius 3 is 2.80 bits per heavy atom. The number of aromatic nitrogens is 4. The van der Waals surface area contributed by atoms with Crippen LogP contribution in [0, 0.1) is 0 Å². The Hall–Kier alpha value is -2.34. The molecule has 0 amide bonds. The molecule has 7 heteroatoms. The molecular weight excluding hydrogens is 276 g/mol. The van der Waals surface area contributed by atoms with E-state index in [0.717, 1.165) is 18.0 Å². The molecular formula is C13H13ClN6. The fourth-order valence-electron chi connectivity index (χ4n) is 1.95. The van der Waals surface area contributed by atoms with Crippen molar-refractivity contribution in [1.29, 1.82) is 0 Å². The second-order valence-electron chi connectivity index (χ2n) is 4.33. The first kappa shape index (κ1) is 12.7. The van der Waals surface area contributed by atoms with Crippen molar-refractivity contribution in [2.24, 2.45) is 0 Å². The summed E-state index contributed by atoms with van der Waals surface area (Å²) in [6, 6.07) is 7.78. The third kappa shape index (κ3) is 2.50. The number of hydrogen-bond acceptors (Lipinski definition) is 5. The van der Waals surface area contributed by atoms with Gasteiger partial charge in [-0.25, -0.2) is 4.98 Å². The Kier molecular flexibility index (Phi) is 3.39. The average Bonchev–Trinajstić information content (AvgIpc) is 2.84. The van der Waals surface area contributed by atoms with Gasteiger partial charge < -0.3 is 11.1 Å². The van der Waals surface area contributed by atoms with E-state index in [1.807, 2.05) is 24.3 Å². The Morgan fingerprint density at radius 1 is 1.20 bits per heavy atom. The summed E-state index contributed by atoms with van der Waals surface area (Å²) in [5.41, 5.74) is 7.53. The SMILES string of the molecule is Nc1nnc2c(NCCc3ccc(Cl)cc3)nccn12. The van der Waals surface area contributed by atoms with E-state index in [0.29, 0.717) is 17.4 Å². The van der Waals surface area contributed by atoms with Crippen molar-refractivity contribution in [1.82, 2.24) is 19.6 Å². The van der Waals surface area contributed by atoms with Gasteiger partial charge in [0.25, 0.3) is 0 Å². The summed E-state index contributed by atoms with van der Waals surface area (Å²) >= 11 is 5.85. The highest BCUT2D eigenvalue weighted by atomic mass is 35.5. The normalized spacial score (nSPS) is 10.8. The molecule has 0 fully saturated rings. The maximum atomic E-state index is 5.85. The summed E-state index contributed by atoms with van der Waals surface area (Å²) in [5.74, 6) is 1.02. The lowest BCUT2D eigenvalue weighted by atomic mass is 10.1. The van der Waals surface area contributed by atoms with E-state index in [-0.39, 0.29) is 0 Å². The highest BCUT2D eigenvalue weighted by Crippen LogP contribution is 2.14. The fourth-order valence-corrected chi connectivity index (χ4v) is 2.07. The lowest BCUT2D eigenvalue weighted by Crippen LogP contribution is -2.08. The zero-order chi connectivity index (χ0) is 13.9. The third-order valence-corrected chi connectivity index (χ3v) is 3.22. The molecule has 0 aliphatic rings. The largest absolute Gasteiger partial charge is 0.368 e. The molecule has 0 spiro atoms. The predicted octanol–water partition coefficient (Wildman–Crippen LogP) is 2.01. The molecule has 2 heterocycles. The van der Waals surface area contributed by atoms with Crippen molar-refractivity contribution in [2.75, 3.05) is 17.6 Å². The number of rotatable bonds is 4. The first-order valence-electron chi connectivity index (χ1n) is 6.17. The Bertz CT molecular complexity index is 721. The zero-order valence-electron chi connectivity index (χ0n) is 10.6. The van der Waals surface area contributed by atoms with Crippen LogP contribution in [0.3, 0.4) is 0 Å². The predicted molar refractivity (Wildman–Crippen MR) is 78.8 cm³/mol. The number of nitrogens with one attached hydrogen (secondary N) is 1. The van der Waals surface area contributed by atoms with Crippen LogP contribution in [0.2, 0.25) is 5.02 Å². The zero-order valence-corrected chi connectivity index (χ0v) is 11.4. The van der Waals surface area contributed by atoms with Gasteiger partial charge in [-0.05, 0) is 24.1 Å². The summed E-state index contributed by atoms with van der Waals surface area (Å²) in [7, 11) is 0. The minimum absolute atomic E-state index is 0.350. The second-order valence-corrected chi connectivity index (χ2v) is 4.77. The van der Waals surface area contributed by atoms with Crippen LogP contribution >= 0.6 is 11.6 Å². The van der Waals surface area contributed by atoms with Crippen molar-refractivity contribution in [3.05, 3.63) is 47.2 Å². The first-order valence-corrected chi connectivity index (χ1v) is 6.55. The van der Waals surface area contributed by atoms with E-state index < -0.39 is 0 Å². The summed E-state index contributed by atoms with van der Waals surface area (Å²) in [4.78, 5) is 4.25. The first-order chi connectivity index (χ1) is 9.74. The molecule has 0 saturated carbocycles. The van der Waals surface area contributed by atoms with E-state index in [4.69, 9.17) is 17.3 Å². The minimum Gasteiger partial charge on any atom is -0.368 e. The van der Waals surface area contributed by atoms with E-state index >= 15 is 0 Å². The fraction of sp³-hybridized carbons (Fsp3) is 0.154. The van der Waals surface area contributed by atoms with Crippen LogP contribution < -0.4 is 11.1 Å². The Labute approximate surface area is 120 Å². The number of fused-ring (bicyclic) bond motifs is 1. The van der Waals surface area contributed by atoms with Crippen molar-refractivity contribution in [3.63, 3.8) is 0 Å². The number of halogens is 1. The number of nitrogen functional groups attached to an aromatic ring is 1. The quantitative estimate of drug-likeness (QED) is 0.767. The van der Waals surface area contributed by atoms with E-state index in [2.05, 4.69) is 20.5 Å². The van der Waals surface area contributed by atoms with Gasteiger partial charge in [-0.3, -0.25) is 4.40 Å². The molecule has 0 unspecified atom stereocenters. The third-order valence-electron chi connectivity index (χ3n) is 2.97. The molecule has 6 nitrogen and oxygen atoms in total. The van der Waals surface area contributed by atoms with Crippen molar-refractivity contribution >= 4 is 29.0 Å². The smallest absolute Gasteiger partial charge is 0.226 e. The van der Waals surface area contributed by atoms with Crippen LogP contribution in [-0.4, -0.2) is 26.1 Å². The van der Waals surface area contributed by atoms with Crippen LogP contribution in [-0.2, 0) is 6.42 Å². The number of hydrogen-bond donors (Lipinski definition) is 2. The molecule has 20 heavy (non-hydrogen) atoms. The van der Waals surface area contributed by atoms with Crippen molar-refractivity contribution in [2.45, 2.75) is 6.42 Å². The number of anilines is 2. The molecule has 0 aliphatic heterocycles. The molecule has 1 aromatic carbocycles. The van der Waals surface area contributed by atoms with Gasteiger partial charge >= 0.3 is 0 Å². The highest BCUT2D eigenvalue weighted by Gasteiger charge is 2.07. The molecule has 0 saturated heterocycles. The monoisotopic (exact) mass is 288 g/mol. The Balaban J connectivity index is 1.69. The number of nitrogens with two attached hydrogens (primary N) is 1. The van der Waals surface area contributed by atoms with E-state index in [9.17, 15) is 0 Å². The molecule has 0 radical (unpaired) electrons. The maximum absolute atomic E-state index is 5.85. The molecule has 2 aromatic heterocycles. The van der Waals surface area contributed by atoms with Crippen LogP contribution in [0.1, 0.15) is 5.56 Å². The van der Waals surface area contributed by atoms with Crippen molar-refractivity contribution in [3.8, 4) is 0 Å². The maximum Gasteiger partial charge on any atom is 0.226 e. The van der Waals surface area contributed by atoms with Gasteiger partial charge in [0.1, 0.15) is 0 Å². The summed E-state index contributed by atoms with van der Waals surface area (Å²) in [5, 5.41) is 11.8. The van der Waals surface area contributed by atoms with Gasteiger partial charge in [0, 0.05) is 24.0 Å². The molecule has 3 rings (SSSR count). The lowest BCUT2D eigenvalue weighted by Gasteiger charge is -2.06. The van der Waals surface area contributed by atoms with Gasteiger partial charge in [-0.2, -0.15) is 0 Å². The van der Waals surface area contributed by atoms with Gasteiger partial charge in [-0.1, -0.05) is 23.7 Å². The molecule has 3 aromatic rings.